The Hall–Kier alpha value is -1.12. The Morgan fingerprint density at radius 3 is 2.65 bits per heavy atom. The van der Waals surface area contributed by atoms with Gasteiger partial charge in [0.1, 0.15) is 4.21 Å². The predicted molar refractivity (Wildman–Crippen MR) is 83.7 cm³/mol. The van der Waals surface area contributed by atoms with Crippen molar-refractivity contribution in [2.75, 3.05) is 26.7 Å². The van der Waals surface area contributed by atoms with Crippen molar-refractivity contribution in [3.05, 3.63) is 17.5 Å². The Balaban J connectivity index is 2.31. The van der Waals surface area contributed by atoms with E-state index in [2.05, 4.69) is 34.2 Å². The van der Waals surface area contributed by atoms with E-state index >= 15 is 0 Å². The topological polar surface area (TPSA) is 82.6 Å². The number of aliphatic imine (C=N–C) groups is 1. The van der Waals surface area contributed by atoms with Crippen molar-refractivity contribution in [3.8, 4) is 0 Å². The second-order valence-electron chi connectivity index (χ2n) is 4.60. The number of sulfonamides is 1. The summed E-state index contributed by atoms with van der Waals surface area (Å²) in [6.45, 7) is 5.82. The van der Waals surface area contributed by atoms with E-state index in [1.54, 1.807) is 24.6 Å². The van der Waals surface area contributed by atoms with Crippen molar-refractivity contribution in [2.45, 2.75) is 18.1 Å². The van der Waals surface area contributed by atoms with Crippen molar-refractivity contribution in [1.82, 2.24) is 15.4 Å². The fourth-order valence-corrected chi connectivity index (χ4v) is 3.44. The van der Waals surface area contributed by atoms with Gasteiger partial charge in [0.15, 0.2) is 5.96 Å². The molecule has 1 aromatic heterocycles. The highest BCUT2D eigenvalue weighted by Crippen LogP contribution is 2.14. The lowest BCUT2D eigenvalue weighted by Crippen LogP contribution is -2.42. The third kappa shape index (κ3) is 5.89. The molecule has 20 heavy (non-hydrogen) atoms. The lowest BCUT2D eigenvalue weighted by Gasteiger charge is -2.13. The lowest BCUT2D eigenvalue weighted by atomic mass is 10.2. The summed E-state index contributed by atoms with van der Waals surface area (Å²) in [4.78, 5) is 4.06. The van der Waals surface area contributed by atoms with Crippen molar-refractivity contribution in [1.29, 1.82) is 0 Å². The first-order valence-corrected chi connectivity index (χ1v) is 8.79. The summed E-state index contributed by atoms with van der Waals surface area (Å²) >= 11 is 1.20. The van der Waals surface area contributed by atoms with Crippen molar-refractivity contribution >= 4 is 27.3 Å². The summed E-state index contributed by atoms with van der Waals surface area (Å²) in [5.41, 5.74) is 0. The fourth-order valence-electron chi connectivity index (χ4n) is 1.38. The van der Waals surface area contributed by atoms with Gasteiger partial charge in [0.25, 0.3) is 0 Å². The third-order valence-corrected chi connectivity index (χ3v) is 5.23. The summed E-state index contributed by atoms with van der Waals surface area (Å²) in [7, 11) is -1.69. The van der Waals surface area contributed by atoms with Crippen molar-refractivity contribution < 1.29 is 8.42 Å². The molecule has 0 aromatic carbocycles. The first kappa shape index (κ1) is 16.9. The summed E-state index contributed by atoms with van der Waals surface area (Å²) in [6, 6.07) is 3.30. The first-order valence-electron chi connectivity index (χ1n) is 6.43. The molecule has 0 saturated carbocycles. The van der Waals surface area contributed by atoms with Crippen LogP contribution >= 0.6 is 11.3 Å². The highest BCUT2D eigenvalue weighted by molar-refractivity contribution is 7.91. The molecule has 0 spiro atoms. The quantitative estimate of drug-likeness (QED) is 0.395. The van der Waals surface area contributed by atoms with Gasteiger partial charge >= 0.3 is 0 Å². The largest absolute Gasteiger partial charge is 0.356 e. The van der Waals surface area contributed by atoms with Gasteiger partial charge in [0.2, 0.25) is 10.0 Å². The van der Waals surface area contributed by atoms with Crippen LogP contribution in [0.1, 0.15) is 13.8 Å². The molecule has 6 nitrogen and oxygen atoms in total. The standard InChI is InChI=1S/C12H22N4O2S2/c1-10(2)9-15-12(13-3)14-6-7-16-20(17,18)11-5-4-8-19-11/h4-5,8,10,16H,6-7,9H2,1-3H3,(H2,13,14,15). The van der Waals surface area contributed by atoms with E-state index in [1.165, 1.54) is 11.3 Å². The van der Waals surface area contributed by atoms with Crippen LogP contribution in [0.15, 0.2) is 26.7 Å². The van der Waals surface area contributed by atoms with Gasteiger partial charge < -0.3 is 10.6 Å². The highest BCUT2D eigenvalue weighted by Gasteiger charge is 2.13. The molecule has 0 amide bonds. The Morgan fingerprint density at radius 2 is 2.10 bits per heavy atom. The zero-order valence-corrected chi connectivity index (χ0v) is 13.6. The van der Waals surface area contributed by atoms with E-state index in [0.29, 0.717) is 29.2 Å². The number of guanidine groups is 1. The molecule has 0 fully saturated rings. The van der Waals surface area contributed by atoms with Crippen LogP contribution in [0.2, 0.25) is 0 Å². The Kier molecular flexibility index (Phi) is 6.97. The van der Waals surface area contributed by atoms with Crippen LogP contribution in [0.3, 0.4) is 0 Å². The monoisotopic (exact) mass is 318 g/mol. The minimum absolute atomic E-state index is 0.308. The maximum Gasteiger partial charge on any atom is 0.250 e. The Morgan fingerprint density at radius 1 is 1.35 bits per heavy atom. The molecule has 0 aliphatic rings. The molecular formula is C12H22N4O2S2. The van der Waals surface area contributed by atoms with Crippen LogP contribution in [0.4, 0.5) is 0 Å². The number of nitrogens with one attached hydrogen (secondary N) is 3. The van der Waals surface area contributed by atoms with E-state index in [-0.39, 0.29) is 0 Å². The number of hydrogen-bond donors (Lipinski definition) is 3. The first-order chi connectivity index (χ1) is 9.45. The third-order valence-electron chi connectivity index (χ3n) is 2.37. The maximum absolute atomic E-state index is 11.8. The molecule has 0 bridgehead atoms. The van der Waals surface area contributed by atoms with Crippen LogP contribution in [0.25, 0.3) is 0 Å². The molecule has 3 N–H and O–H groups in total. The second kappa shape index (κ2) is 8.23. The Bertz CT molecular complexity index is 510. The summed E-state index contributed by atoms with van der Waals surface area (Å²) < 4.78 is 26.6. The van der Waals surface area contributed by atoms with E-state index < -0.39 is 10.0 Å². The molecule has 1 heterocycles. The van der Waals surface area contributed by atoms with Gasteiger partial charge in [-0.3, -0.25) is 4.99 Å². The number of nitrogens with zero attached hydrogens (tertiary/aromatic N) is 1. The highest BCUT2D eigenvalue weighted by atomic mass is 32.2. The van der Waals surface area contributed by atoms with Gasteiger partial charge in [-0.05, 0) is 17.4 Å². The molecule has 0 saturated heterocycles. The number of thiophene rings is 1. The van der Waals surface area contributed by atoms with Crippen LogP contribution in [0, 0.1) is 5.92 Å². The van der Waals surface area contributed by atoms with Crippen LogP contribution in [-0.4, -0.2) is 41.1 Å². The average molecular weight is 318 g/mol. The molecule has 0 aliphatic carbocycles. The van der Waals surface area contributed by atoms with Gasteiger partial charge in [0.05, 0.1) is 0 Å². The molecule has 0 atom stereocenters. The Labute approximate surface area is 124 Å². The van der Waals surface area contributed by atoms with Crippen LogP contribution in [0.5, 0.6) is 0 Å². The molecule has 8 heteroatoms. The minimum atomic E-state index is -3.38. The predicted octanol–water partition coefficient (Wildman–Crippen LogP) is 0.847. The second-order valence-corrected chi connectivity index (χ2v) is 7.55. The zero-order chi connectivity index (χ0) is 15.0. The zero-order valence-electron chi connectivity index (χ0n) is 12.0. The van der Waals surface area contributed by atoms with Gasteiger partial charge in [-0.1, -0.05) is 19.9 Å². The maximum atomic E-state index is 11.8. The smallest absolute Gasteiger partial charge is 0.250 e. The fraction of sp³-hybridized carbons (Fsp3) is 0.583. The lowest BCUT2D eigenvalue weighted by molar-refractivity contribution is 0.581. The SMILES string of the molecule is CN=C(NCCNS(=O)(=O)c1cccs1)NCC(C)C. The molecule has 1 rings (SSSR count). The van der Waals surface area contributed by atoms with Crippen molar-refractivity contribution in [3.63, 3.8) is 0 Å². The van der Waals surface area contributed by atoms with Gasteiger partial charge in [0, 0.05) is 26.7 Å². The molecule has 114 valence electrons. The van der Waals surface area contributed by atoms with E-state index in [4.69, 9.17) is 0 Å². The van der Waals surface area contributed by atoms with Crippen LogP contribution in [-0.2, 0) is 10.0 Å². The summed E-state index contributed by atoms with van der Waals surface area (Å²) in [6.07, 6.45) is 0. The molecule has 0 radical (unpaired) electrons. The molecule has 0 unspecified atom stereocenters. The van der Waals surface area contributed by atoms with E-state index in [1.807, 2.05) is 0 Å². The van der Waals surface area contributed by atoms with Gasteiger partial charge in [-0.15, -0.1) is 11.3 Å². The van der Waals surface area contributed by atoms with Crippen LogP contribution < -0.4 is 15.4 Å². The van der Waals surface area contributed by atoms with Gasteiger partial charge in [-0.25, -0.2) is 13.1 Å². The molecular weight excluding hydrogens is 296 g/mol. The average Bonchev–Trinajstić information content (AvgIpc) is 2.92. The molecule has 0 aliphatic heterocycles. The molecule has 1 aromatic rings. The number of hydrogen-bond acceptors (Lipinski definition) is 4. The van der Waals surface area contributed by atoms with E-state index in [9.17, 15) is 8.42 Å². The summed E-state index contributed by atoms with van der Waals surface area (Å²) in [5.74, 6) is 1.19. The number of rotatable bonds is 7. The summed E-state index contributed by atoms with van der Waals surface area (Å²) in [5, 5.41) is 7.96. The normalized spacial score (nSPS) is 12.7. The van der Waals surface area contributed by atoms with Crippen molar-refractivity contribution in [2.24, 2.45) is 10.9 Å². The van der Waals surface area contributed by atoms with Gasteiger partial charge in [-0.2, -0.15) is 0 Å². The van der Waals surface area contributed by atoms with E-state index in [0.717, 1.165) is 6.54 Å². The minimum Gasteiger partial charge on any atom is -0.356 e.